The second-order valence-corrected chi connectivity index (χ2v) is 6.11. The fraction of sp³-hybridized carbons (Fsp3) is 0.0500. The second kappa shape index (κ2) is 7.32. The summed E-state index contributed by atoms with van der Waals surface area (Å²) in [7, 11) is 0. The lowest BCUT2D eigenvalue weighted by Gasteiger charge is -2.17. The molecule has 1 unspecified atom stereocenters. The van der Waals surface area contributed by atoms with Gasteiger partial charge in [-0.2, -0.15) is 0 Å². The highest BCUT2D eigenvalue weighted by Gasteiger charge is 2.22. The molecule has 0 bridgehead atoms. The zero-order valence-corrected chi connectivity index (χ0v) is 14.3. The third kappa shape index (κ3) is 3.66. The fourth-order valence-corrected chi connectivity index (χ4v) is 2.89. The van der Waals surface area contributed by atoms with E-state index in [1.165, 1.54) is 0 Å². The van der Waals surface area contributed by atoms with Crippen molar-refractivity contribution < 1.29 is 14.6 Å². The Balaban J connectivity index is 1.88. The van der Waals surface area contributed by atoms with Gasteiger partial charge in [-0.05, 0) is 39.2 Å². The van der Waals surface area contributed by atoms with Crippen molar-refractivity contribution >= 4 is 21.9 Å². The Bertz CT molecular complexity index is 832. The molecule has 0 aliphatic rings. The predicted molar refractivity (Wildman–Crippen MR) is 97.0 cm³/mol. The van der Waals surface area contributed by atoms with Crippen LogP contribution in [0.2, 0.25) is 0 Å². The van der Waals surface area contributed by atoms with Crippen LogP contribution < -0.4 is 4.74 Å². The number of halogens is 1. The summed E-state index contributed by atoms with van der Waals surface area (Å²) in [5.74, 6) is -0.536. The molecule has 4 heteroatoms. The van der Waals surface area contributed by atoms with Gasteiger partial charge in [-0.1, -0.05) is 66.7 Å². The summed E-state index contributed by atoms with van der Waals surface area (Å²) in [6.07, 6.45) is -1.05. The standard InChI is InChI=1S/C20H15BrO3/c21-17-13-16(14-7-3-1-4-8-14)11-12-18(17)24-19(20(22)23)15-9-5-2-6-10-15/h1-13,19H,(H,22,23). The molecule has 3 aromatic carbocycles. The molecule has 0 saturated heterocycles. The molecule has 0 aromatic heterocycles. The van der Waals surface area contributed by atoms with Crippen molar-refractivity contribution in [3.05, 3.63) is 88.9 Å². The zero-order chi connectivity index (χ0) is 16.9. The van der Waals surface area contributed by atoms with Gasteiger partial charge in [0.05, 0.1) is 4.47 Å². The molecule has 3 rings (SSSR count). The molecular formula is C20H15BrO3. The van der Waals surface area contributed by atoms with Crippen molar-refractivity contribution in [1.82, 2.24) is 0 Å². The Hall–Kier alpha value is -2.59. The molecule has 3 aromatic rings. The lowest BCUT2D eigenvalue weighted by molar-refractivity contribution is -0.145. The topological polar surface area (TPSA) is 46.5 Å². The number of hydrogen-bond acceptors (Lipinski definition) is 2. The second-order valence-electron chi connectivity index (χ2n) is 5.26. The molecule has 0 heterocycles. The van der Waals surface area contributed by atoms with Crippen LogP contribution in [0, 0.1) is 0 Å². The van der Waals surface area contributed by atoms with E-state index in [0.717, 1.165) is 11.1 Å². The molecule has 0 amide bonds. The SMILES string of the molecule is O=C(O)C(Oc1ccc(-c2ccccc2)cc1Br)c1ccccc1. The number of benzene rings is 3. The molecule has 1 atom stereocenters. The molecule has 3 nitrogen and oxygen atoms in total. The minimum Gasteiger partial charge on any atom is -0.478 e. The smallest absolute Gasteiger partial charge is 0.349 e. The van der Waals surface area contributed by atoms with Crippen molar-refractivity contribution in [2.45, 2.75) is 6.10 Å². The van der Waals surface area contributed by atoms with Gasteiger partial charge >= 0.3 is 5.97 Å². The first-order valence-corrected chi connectivity index (χ1v) is 8.24. The average Bonchev–Trinajstić information content (AvgIpc) is 2.62. The lowest BCUT2D eigenvalue weighted by Crippen LogP contribution is -2.18. The largest absolute Gasteiger partial charge is 0.478 e. The molecule has 24 heavy (non-hydrogen) atoms. The normalized spacial score (nSPS) is 11.7. The first-order chi connectivity index (χ1) is 11.6. The van der Waals surface area contributed by atoms with Crippen LogP contribution in [-0.2, 0) is 4.79 Å². The van der Waals surface area contributed by atoms with Crippen LogP contribution in [0.5, 0.6) is 5.75 Å². The van der Waals surface area contributed by atoms with Crippen LogP contribution in [0.3, 0.4) is 0 Å². The summed E-state index contributed by atoms with van der Waals surface area (Å²) in [5, 5.41) is 9.47. The third-order valence-electron chi connectivity index (χ3n) is 3.61. The van der Waals surface area contributed by atoms with Gasteiger partial charge in [-0.15, -0.1) is 0 Å². The van der Waals surface area contributed by atoms with E-state index in [9.17, 15) is 9.90 Å². The van der Waals surface area contributed by atoms with Gasteiger partial charge in [0, 0.05) is 5.56 Å². The van der Waals surface area contributed by atoms with Gasteiger partial charge in [0.1, 0.15) is 5.75 Å². The van der Waals surface area contributed by atoms with Gasteiger partial charge in [-0.25, -0.2) is 4.79 Å². The number of rotatable bonds is 5. The monoisotopic (exact) mass is 382 g/mol. The number of aliphatic carboxylic acids is 1. The summed E-state index contributed by atoms with van der Waals surface area (Å²) < 4.78 is 6.45. The average molecular weight is 383 g/mol. The van der Waals surface area contributed by atoms with E-state index >= 15 is 0 Å². The summed E-state index contributed by atoms with van der Waals surface area (Å²) in [4.78, 5) is 11.6. The maximum absolute atomic E-state index is 11.6. The number of hydrogen-bond donors (Lipinski definition) is 1. The molecule has 1 N–H and O–H groups in total. The van der Waals surface area contributed by atoms with Gasteiger partial charge in [0.15, 0.2) is 0 Å². The first kappa shape index (κ1) is 16.3. The predicted octanol–water partition coefficient (Wildman–Crippen LogP) is 5.32. The highest BCUT2D eigenvalue weighted by Crippen LogP contribution is 2.33. The molecule has 120 valence electrons. The van der Waals surface area contributed by atoms with Gasteiger partial charge in [-0.3, -0.25) is 0 Å². The number of carbonyl (C=O) groups is 1. The Labute approximate surface area is 148 Å². The summed E-state index contributed by atoms with van der Waals surface area (Å²) in [5.41, 5.74) is 2.72. The van der Waals surface area contributed by atoms with E-state index in [0.29, 0.717) is 15.8 Å². The molecule has 0 spiro atoms. The summed E-state index contributed by atoms with van der Waals surface area (Å²) in [6, 6.07) is 24.5. The maximum atomic E-state index is 11.6. The van der Waals surface area contributed by atoms with Crippen LogP contribution in [0.25, 0.3) is 11.1 Å². The summed E-state index contributed by atoms with van der Waals surface area (Å²) in [6.45, 7) is 0. The number of ether oxygens (including phenoxy) is 1. The highest BCUT2D eigenvalue weighted by atomic mass is 79.9. The Morgan fingerprint density at radius 2 is 1.50 bits per heavy atom. The van der Waals surface area contributed by atoms with E-state index < -0.39 is 12.1 Å². The maximum Gasteiger partial charge on any atom is 0.349 e. The third-order valence-corrected chi connectivity index (χ3v) is 4.23. The van der Waals surface area contributed by atoms with E-state index in [1.54, 1.807) is 30.3 Å². The number of carboxylic acid groups (broad SMARTS) is 1. The summed E-state index contributed by atoms with van der Waals surface area (Å²) >= 11 is 3.48. The Morgan fingerprint density at radius 1 is 0.875 bits per heavy atom. The number of carboxylic acids is 1. The zero-order valence-electron chi connectivity index (χ0n) is 12.7. The van der Waals surface area contributed by atoms with Crippen LogP contribution in [0.15, 0.2) is 83.3 Å². The minimum atomic E-state index is -1.05. The molecule has 0 aliphatic heterocycles. The van der Waals surface area contributed by atoms with Crippen LogP contribution in [0.1, 0.15) is 11.7 Å². The van der Waals surface area contributed by atoms with Crippen LogP contribution in [0.4, 0.5) is 0 Å². The quantitative estimate of drug-likeness (QED) is 0.649. The first-order valence-electron chi connectivity index (χ1n) is 7.44. The van der Waals surface area contributed by atoms with E-state index in [2.05, 4.69) is 15.9 Å². The van der Waals surface area contributed by atoms with Crippen LogP contribution in [-0.4, -0.2) is 11.1 Å². The van der Waals surface area contributed by atoms with Gasteiger partial charge in [0.2, 0.25) is 6.10 Å². The molecule has 0 radical (unpaired) electrons. The van der Waals surface area contributed by atoms with E-state index in [1.807, 2.05) is 48.5 Å². The van der Waals surface area contributed by atoms with Gasteiger partial charge in [0.25, 0.3) is 0 Å². The minimum absolute atomic E-state index is 0.492. The van der Waals surface area contributed by atoms with Gasteiger partial charge < -0.3 is 9.84 Å². The molecule has 0 fully saturated rings. The van der Waals surface area contributed by atoms with Crippen molar-refractivity contribution in [3.8, 4) is 16.9 Å². The molecule has 0 saturated carbocycles. The van der Waals surface area contributed by atoms with E-state index in [4.69, 9.17) is 4.74 Å². The lowest BCUT2D eigenvalue weighted by atomic mass is 10.1. The molecular weight excluding hydrogens is 368 g/mol. The van der Waals surface area contributed by atoms with Crippen molar-refractivity contribution in [2.75, 3.05) is 0 Å². The van der Waals surface area contributed by atoms with Crippen LogP contribution >= 0.6 is 15.9 Å². The Morgan fingerprint density at radius 3 is 2.08 bits per heavy atom. The Kier molecular flexibility index (Phi) is 4.96. The fourth-order valence-electron chi connectivity index (χ4n) is 2.42. The van der Waals surface area contributed by atoms with Crippen molar-refractivity contribution in [1.29, 1.82) is 0 Å². The van der Waals surface area contributed by atoms with Crippen molar-refractivity contribution in [3.63, 3.8) is 0 Å². The highest BCUT2D eigenvalue weighted by molar-refractivity contribution is 9.10. The van der Waals surface area contributed by atoms with Crippen molar-refractivity contribution in [2.24, 2.45) is 0 Å². The van der Waals surface area contributed by atoms with E-state index in [-0.39, 0.29) is 0 Å². The molecule has 0 aliphatic carbocycles.